The molecule has 0 aromatic heterocycles. The Morgan fingerprint density at radius 2 is 2.29 bits per heavy atom. The summed E-state index contributed by atoms with van der Waals surface area (Å²) in [7, 11) is 1.73. The minimum absolute atomic E-state index is 0.0385. The van der Waals surface area contributed by atoms with Crippen LogP contribution in [0.1, 0.15) is 20.3 Å². The summed E-state index contributed by atoms with van der Waals surface area (Å²) in [5.74, 6) is 0. The van der Waals surface area contributed by atoms with Crippen molar-refractivity contribution in [2.24, 2.45) is 0 Å². The molecule has 0 saturated heterocycles. The van der Waals surface area contributed by atoms with Crippen LogP contribution >= 0.6 is 0 Å². The third-order valence-electron chi connectivity index (χ3n) is 1.88. The topological polar surface area (TPSA) is 29.5 Å². The summed E-state index contributed by atoms with van der Waals surface area (Å²) in [6.45, 7) is 7.78. The van der Waals surface area contributed by atoms with E-state index in [-0.39, 0.29) is 12.1 Å². The van der Waals surface area contributed by atoms with E-state index in [4.69, 9.17) is 4.74 Å². The van der Waals surface area contributed by atoms with Crippen LogP contribution in [-0.2, 0) is 4.74 Å². The molecule has 3 nitrogen and oxygen atoms in total. The Morgan fingerprint density at radius 3 is 2.71 bits per heavy atom. The molecule has 1 atom stereocenters. The highest BCUT2D eigenvalue weighted by Gasteiger charge is 2.16. The first kappa shape index (κ1) is 12.8. The highest BCUT2D eigenvalue weighted by atomic mass is 16.6. The molecule has 0 rings (SSSR count). The largest absolute Gasteiger partial charge is 0.450 e. The first-order chi connectivity index (χ1) is 6.67. The standard InChI is InChI=1S/C11H19NO2/c1-5-8-10(9-6-2)12(4)11(13)14-7-3/h5-6,9-10H,1,7-8H2,2-4H3/b9-6-. The lowest BCUT2D eigenvalue weighted by atomic mass is 10.2. The molecule has 0 N–H and O–H groups in total. The van der Waals surface area contributed by atoms with Crippen molar-refractivity contribution in [3.63, 3.8) is 0 Å². The number of likely N-dealkylation sites (N-methyl/N-ethyl adjacent to an activating group) is 1. The number of amides is 1. The van der Waals surface area contributed by atoms with Gasteiger partial charge in [0.25, 0.3) is 0 Å². The fourth-order valence-electron chi connectivity index (χ4n) is 1.12. The van der Waals surface area contributed by atoms with Crippen molar-refractivity contribution in [3.8, 4) is 0 Å². The van der Waals surface area contributed by atoms with Gasteiger partial charge in [-0.15, -0.1) is 6.58 Å². The second-order valence-corrected chi connectivity index (χ2v) is 2.93. The van der Waals surface area contributed by atoms with Gasteiger partial charge in [0, 0.05) is 7.05 Å². The maximum Gasteiger partial charge on any atom is 0.409 e. The van der Waals surface area contributed by atoms with E-state index in [0.29, 0.717) is 6.61 Å². The summed E-state index contributed by atoms with van der Waals surface area (Å²) in [5.41, 5.74) is 0. The molecular weight excluding hydrogens is 178 g/mol. The van der Waals surface area contributed by atoms with Crippen molar-refractivity contribution < 1.29 is 9.53 Å². The van der Waals surface area contributed by atoms with E-state index in [1.165, 1.54) is 0 Å². The lowest BCUT2D eigenvalue weighted by molar-refractivity contribution is 0.108. The molecule has 80 valence electrons. The average Bonchev–Trinajstić information content (AvgIpc) is 2.17. The zero-order valence-corrected chi connectivity index (χ0v) is 9.19. The lowest BCUT2D eigenvalue weighted by Gasteiger charge is -2.23. The zero-order valence-electron chi connectivity index (χ0n) is 9.19. The molecule has 0 aliphatic rings. The average molecular weight is 197 g/mol. The van der Waals surface area contributed by atoms with E-state index >= 15 is 0 Å². The molecule has 0 saturated carbocycles. The van der Waals surface area contributed by atoms with Gasteiger partial charge in [-0.3, -0.25) is 0 Å². The quantitative estimate of drug-likeness (QED) is 0.634. The van der Waals surface area contributed by atoms with Crippen LogP contribution < -0.4 is 0 Å². The highest BCUT2D eigenvalue weighted by Crippen LogP contribution is 2.06. The predicted octanol–water partition coefficient (Wildman–Crippen LogP) is 2.60. The van der Waals surface area contributed by atoms with Gasteiger partial charge in [-0.2, -0.15) is 0 Å². The molecule has 0 aromatic rings. The monoisotopic (exact) mass is 197 g/mol. The third kappa shape index (κ3) is 4.12. The first-order valence-electron chi connectivity index (χ1n) is 4.80. The maximum atomic E-state index is 11.4. The van der Waals surface area contributed by atoms with E-state index in [2.05, 4.69) is 6.58 Å². The summed E-state index contributed by atoms with van der Waals surface area (Å²) < 4.78 is 4.90. The zero-order chi connectivity index (χ0) is 11.0. The molecule has 14 heavy (non-hydrogen) atoms. The van der Waals surface area contributed by atoms with Crippen LogP contribution in [0, 0.1) is 0 Å². The van der Waals surface area contributed by atoms with Gasteiger partial charge in [0.15, 0.2) is 0 Å². The molecule has 1 unspecified atom stereocenters. The van der Waals surface area contributed by atoms with Crippen LogP contribution in [0.25, 0.3) is 0 Å². The van der Waals surface area contributed by atoms with Gasteiger partial charge in [0.1, 0.15) is 0 Å². The minimum atomic E-state index is -0.294. The van der Waals surface area contributed by atoms with Gasteiger partial charge in [-0.25, -0.2) is 4.79 Å². The Kier molecular flexibility index (Phi) is 6.54. The number of rotatable bonds is 5. The van der Waals surface area contributed by atoms with Crippen LogP contribution in [0.4, 0.5) is 4.79 Å². The molecule has 0 heterocycles. The molecule has 0 fully saturated rings. The van der Waals surface area contributed by atoms with Crippen LogP contribution in [0.2, 0.25) is 0 Å². The van der Waals surface area contributed by atoms with Gasteiger partial charge in [-0.05, 0) is 20.3 Å². The SMILES string of the molecule is C=CCC(/C=C\C)N(C)C(=O)OCC. The summed E-state index contributed by atoms with van der Waals surface area (Å²) >= 11 is 0. The molecule has 0 bridgehead atoms. The smallest absolute Gasteiger partial charge is 0.409 e. The first-order valence-corrected chi connectivity index (χ1v) is 4.80. The van der Waals surface area contributed by atoms with Crippen molar-refractivity contribution in [1.29, 1.82) is 0 Å². The van der Waals surface area contributed by atoms with Crippen molar-refractivity contribution >= 4 is 6.09 Å². The van der Waals surface area contributed by atoms with E-state index in [1.54, 1.807) is 24.9 Å². The molecule has 0 aromatic carbocycles. The van der Waals surface area contributed by atoms with E-state index < -0.39 is 0 Å². The van der Waals surface area contributed by atoms with Gasteiger partial charge in [0.05, 0.1) is 12.6 Å². The van der Waals surface area contributed by atoms with E-state index in [0.717, 1.165) is 6.42 Å². The molecular formula is C11H19NO2. The van der Waals surface area contributed by atoms with Crippen molar-refractivity contribution in [2.45, 2.75) is 26.3 Å². The van der Waals surface area contributed by atoms with E-state index in [1.807, 2.05) is 19.1 Å². The highest BCUT2D eigenvalue weighted by molar-refractivity contribution is 5.67. The second kappa shape index (κ2) is 7.18. The van der Waals surface area contributed by atoms with Crippen molar-refractivity contribution in [2.75, 3.05) is 13.7 Å². The molecule has 1 amide bonds. The Hall–Kier alpha value is -1.25. The molecule has 0 radical (unpaired) electrons. The summed E-state index contributed by atoms with van der Waals surface area (Å²) in [6, 6.07) is 0.0385. The lowest BCUT2D eigenvalue weighted by Crippen LogP contribution is -2.35. The number of hydrogen-bond donors (Lipinski definition) is 0. The van der Waals surface area contributed by atoms with Gasteiger partial charge >= 0.3 is 6.09 Å². The summed E-state index contributed by atoms with van der Waals surface area (Å²) in [4.78, 5) is 12.9. The normalized spacial score (nSPS) is 12.5. The van der Waals surface area contributed by atoms with Crippen LogP contribution in [0.5, 0.6) is 0 Å². The Bertz CT molecular complexity index is 211. The van der Waals surface area contributed by atoms with Gasteiger partial charge in [0.2, 0.25) is 0 Å². The fourth-order valence-corrected chi connectivity index (χ4v) is 1.12. The molecule has 0 spiro atoms. The van der Waals surface area contributed by atoms with Gasteiger partial charge in [-0.1, -0.05) is 18.2 Å². The maximum absolute atomic E-state index is 11.4. The summed E-state index contributed by atoms with van der Waals surface area (Å²) in [6.07, 6.45) is 6.11. The number of carbonyl (C=O) groups excluding carboxylic acids is 1. The van der Waals surface area contributed by atoms with Crippen LogP contribution in [-0.4, -0.2) is 30.7 Å². The minimum Gasteiger partial charge on any atom is -0.450 e. The predicted molar refractivity (Wildman–Crippen MR) is 58.2 cm³/mol. The molecule has 0 aliphatic carbocycles. The van der Waals surface area contributed by atoms with Crippen molar-refractivity contribution in [1.82, 2.24) is 4.90 Å². The Balaban J connectivity index is 4.33. The van der Waals surface area contributed by atoms with Crippen LogP contribution in [0.15, 0.2) is 24.8 Å². The Morgan fingerprint density at radius 1 is 1.64 bits per heavy atom. The van der Waals surface area contributed by atoms with Crippen LogP contribution in [0.3, 0.4) is 0 Å². The third-order valence-corrected chi connectivity index (χ3v) is 1.88. The van der Waals surface area contributed by atoms with E-state index in [9.17, 15) is 4.79 Å². The summed E-state index contributed by atoms with van der Waals surface area (Å²) in [5, 5.41) is 0. The molecule has 0 aliphatic heterocycles. The van der Waals surface area contributed by atoms with Crippen molar-refractivity contribution in [3.05, 3.63) is 24.8 Å². The number of allylic oxidation sites excluding steroid dienone is 1. The number of carbonyl (C=O) groups is 1. The fraction of sp³-hybridized carbons (Fsp3) is 0.545. The second-order valence-electron chi connectivity index (χ2n) is 2.93. The number of hydrogen-bond acceptors (Lipinski definition) is 2. The number of ether oxygens (including phenoxy) is 1. The number of nitrogens with zero attached hydrogens (tertiary/aromatic N) is 1. The molecule has 3 heteroatoms. The van der Waals surface area contributed by atoms with Gasteiger partial charge < -0.3 is 9.64 Å². The Labute approximate surface area is 86.0 Å².